The highest BCUT2D eigenvalue weighted by atomic mass is 79.9. The normalized spacial score (nSPS) is 20.6. The van der Waals surface area contributed by atoms with Crippen LogP contribution in [-0.4, -0.2) is 21.1 Å². The molecule has 1 atom stereocenters. The summed E-state index contributed by atoms with van der Waals surface area (Å²) in [6.07, 6.45) is 8.56. The highest BCUT2D eigenvalue weighted by molar-refractivity contribution is 9.10. The quantitative estimate of drug-likeness (QED) is 0.453. The highest BCUT2D eigenvalue weighted by Crippen LogP contribution is 2.26. The van der Waals surface area contributed by atoms with Crippen LogP contribution in [0.5, 0.6) is 0 Å². The Labute approximate surface area is 147 Å². The summed E-state index contributed by atoms with van der Waals surface area (Å²) in [5.41, 5.74) is 6.66. The van der Waals surface area contributed by atoms with Crippen LogP contribution in [0.4, 0.5) is 0 Å². The Hall–Kier alpha value is -0.750. The second-order valence-corrected chi connectivity index (χ2v) is 7.11. The molecular weight excluding hydrogens is 393 g/mol. The van der Waals surface area contributed by atoms with Crippen molar-refractivity contribution in [2.45, 2.75) is 11.0 Å². The third-order valence-electron chi connectivity index (χ3n) is 2.97. The Kier molecular flexibility index (Phi) is 5.54. The average Bonchev–Trinajstić information content (AvgIpc) is 2.35. The lowest BCUT2D eigenvalue weighted by Gasteiger charge is -2.39. The van der Waals surface area contributed by atoms with Gasteiger partial charge in [0.2, 0.25) is 0 Å². The molecule has 1 aromatic carbocycles. The van der Waals surface area contributed by atoms with Crippen LogP contribution < -0.4 is 11.1 Å². The molecule has 3 nitrogen and oxygen atoms in total. The number of hydrogen-bond donors (Lipinski definition) is 2. The van der Waals surface area contributed by atoms with Crippen LogP contribution in [0.2, 0.25) is 10.0 Å². The summed E-state index contributed by atoms with van der Waals surface area (Å²) in [6.45, 7) is 0.734. The van der Waals surface area contributed by atoms with Crippen molar-refractivity contribution in [1.29, 1.82) is 0 Å². The fourth-order valence-corrected chi connectivity index (χ4v) is 3.59. The minimum absolute atomic E-state index is 0.225. The molecule has 0 bridgehead atoms. The summed E-state index contributed by atoms with van der Waals surface area (Å²) in [5.74, 6) is 0. The highest BCUT2D eigenvalue weighted by Gasteiger charge is 2.30. The first kappa shape index (κ1) is 16.6. The standard InChI is InChI=1S/C14H14BrCl2N3S/c15-14(19-13(18)21)4-1-2-5-20(14)6-3-10-7-11(16)9-12(17)8-10/h1-2,4-5,7-9H,3,6H2,(H3,18,19,21). The first-order valence-corrected chi connectivity index (χ1v) is 8.19. The van der Waals surface area contributed by atoms with Gasteiger partial charge in [-0.1, -0.05) is 29.3 Å². The number of hydrogen-bond acceptors (Lipinski definition) is 2. The van der Waals surface area contributed by atoms with Gasteiger partial charge in [-0.3, -0.25) is 0 Å². The molecule has 21 heavy (non-hydrogen) atoms. The second kappa shape index (κ2) is 7.01. The Morgan fingerprint density at radius 3 is 2.57 bits per heavy atom. The Balaban J connectivity index is 2.08. The van der Waals surface area contributed by atoms with Crippen molar-refractivity contribution in [2.75, 3.05) is 6.54 Å². The molecule has 0 saturated carbocycles. The Bertz CT molecular complexity index is 586. The molecule has 0 fully saturated rings. The van der Waals surface area contributed by atoms with Crippen molar-refractivity contribution < 1.29 is 0 Å². The van der Waals surface area contributed by atoms with E-state index < -0.39 is 4.57 Å². The molecular formula is C14H14BrCl2N3S. The zero-order valence-electron chi connectivity index (χ0n) is 11.0. The van der Waals surface area contributed by atoms with Gasteiger partial charge in [0.05, 0.1) is 0 Å². The SMILES string of the molecule is NC(=S)NC1(Br)C=CC=CN1CCc1cc(Cl)cc(Cl)c1. The van der Waals surface area contributed by atoms with Crippen LogP contribution in [0.25, 0.3) is 0 Å². The zero-order valence-corrected chi connectivity index (χ0v) is 14.9. The number of benzene rings is 1. The lowest BCUT2D eigenvalue weighted by molar-refractivity contribution is 0.278. The van der Waals surface area contributed by atoms with Crippen LogP contribution in [0.15, 0.2) is 42.6 Å². The van der Waals surface area contributed by atoms with Gasteiger partial charge in [-0.25, -0.2) is 0 Å². The number of alkyl halides is 1. The van der Waals surface area contributed by atoms with E-state index in [1.807, 2.05) is 36.6 Å². The zero-order chi connectivity index (χ0) is 15.5. The fraction of sp³-hybridized carbons (Fsp3) is 0.214. The van der Waals surface area contributed by atoms with E-state index in [-0.39, 0.29) is 5.11 Å². The number of nitrogens with zero attached hydrogens (tertiary/aromatic N) is 1. The molecule has 0 aromatic heterocycles. The van der Waals surface area contributed by atoms with Gasteiger partial charge in [0.15, 0.2) is 9.68 Å². The van der Waals surface area contributed by atoms with Crippen molar-refractivity contribution in [1.82, 2.24) is 10.2 Å². The molecule has 7 heteroatoms. The average molecular weight is 407 g/mol. The number of rotatable bonds is 4. The number of halogens is 3. The first-order chi connectivity index (χ1) is 9.89. The summed E-state index contributed by atoms with van der Waals surface area (Å²) < 4.78 is -0.615. The molecule has 1 aromatic rings. The van der Waals surface area contributed by atoms with E-state index in [0.717, 1.165) is 18.5 Å². The lowest BCUT2D eigenvalue weighted by atomic mass is 10.1. The fourth-order valence-electron chi connectivity index (χ4n) is 2.07. The minimum Gasteiger partial charge on any atom is -0.376 e. The molecule has 3 N–H and O–H groups in total. The lowest BCUT2D eigenvalue weighted by Crippen LogP contribution is -2.55. The van der Waals surface area contributed by atoms with Crippen molar-refractivity contribution in [2.24, 2.45) is 5.73 Å². The van der Waals surface area contributed by atoms with Gasteiger partial charge in [-0.2, -0.15) is 0 Å². The van der Waals surface area contributed by atoms with E-state index in [0.29, 0.717) is 10.0 Å². The van der Waals surface area contributed by atoms with E-state index in [4.69, 9.17) is 41.2 Å². The van der Waals surface area contributed by atoms with E-state index in [1.54, 1.807) is 6.07 Å². The number of thiocarbonyl (C=S) groups is 1. The van der Waals surface area contributed by atoms with Crippen LogP contribution in [0.1, 0.15) is 5.56 Å². The molecule has 0 radical (unpaired) electrons. The molecule has 0 amide bonds. The van der Waals surface area contributed by atoms with Gasteiger partial charge in [0, 0.05) is 22.8 Å². The monoisotopic (exact) mass is 405 g/mol. The molecule has 1 aliphatic rings. The summed E-state index contributed by atoms with van der Waals surface area (Å²) in [6, 6.07) is 5.54. The smallest absolute Gasteiger partial charge is 0.189 e. The number of nitrogens with one attached hydrogen (secondary N) is 1. The summed E-state index contributed by atoms with van der Waals surface area (Å²) in [4.78, 5) is 2.06. The maximum absolute atomic E-state index is 6.02. The van der Waals surface area contributed by atoms with E-state index in [2.05, 4.69) is 26.1 Å². The molecule has 1 aliphatic heterocycles. The molecule has 0 aliphatic carbocycles. The van der Waals surface area contributed by atoms with E-state index in [1.165, 1.54) is 0 Å². The van der Waals surface area contributed by atoms with Crippen molar-refractivity contribution in [3.63, 3.8) is 0 Å². The maximum Gasteiger partial charge on any atom is 0.189 e. The van der Waals surface area contributed by atoms with Gasteiger partial charge >= 0.3 is 0 Å². The minimum atomic E-state index is -0.615. The molecule has 1 unspecified atom stereocenters. The summed E-state index contributed by atoms with van der Waals surface area (Å²) in [7, 11) is 0. The van der Waals surface area contributed by atoms with Crippen LogP contribution in [0.3, 0.4) is 0 Å². The van der Waals surface area contributed by atoms with E-state index >= 15 is 0 Å². The van der Waals surface area contributed by atoms with Gasteiger partial charge in [-0.15, -0.1) is 0 Å². The predicted molar refractivity (Wildman–Crippen MR) is 96.7 cm³/mol. The van der Waals surface area contributed by atoms with Gasteiger partial charge in [-0.05, 0) is 70.5 Å². The molecule has 0 spiro atoms. The number of nitrogens with two attached hydrogens (primary N) is 1. The third-order valence-corrected chi connectivity index (χ3v) is 4.43. The molecule has 1 heterocycles. The molecule has 2 rings (SSSR count). The predicted octanol–water partition coefficient (Wildman–Crippen LogP) is 3.80. The van der Waals surface area contributed by atoms with Crippen molar-refractivity contribution in [3.05, 3.63) is 58.2 Å². The maximum atomic E-state index is 6.02. The number of allylic oxidation sites excluding steroid dienone is 2. The summed E-state index contributed by atoms with van der Waals surface area (Å²) >= 11 is 20.6. The van der Waals surface area contributed by atoms with Crippen molar-refractivity contribution >= 4 is 56.5 Å². The van der Waals surface area contributed by atoms with Gasteiger partial charge in [0.1, 0.15) is 0 Å². The Morgan fingerprint density at radius 2 is 1.95 bits per heavy atom. The second-order valence-electron chi connectivity index (χ2n) is 4.58. The Morgan fingerprint density at radius 1 is 1.29 bits per heavy atom. The molecule has 0 saturated heterocycles. The third kappa shape index (κ3) is 4.61. The molecule has 112 valence electrons. The van der Waals surface area contributed by atoms with Crippen LogP contribution >= 0.6 is 51.3 Å². The van der Waals surface area contributed by atoms with Crippen molar-refractivity contribution in [3.8, 4) is 0 Å². The van der Waals surface area contributed by atoms with Gasteiger partial charge in [0.25, 0.3) is 0 Å². The van der Waals surface area contributed by atoms with E-state index in [9.17, 15) is 0 Å². The first-order valence-electron chi connectivity index (χ1n) is 6.23. The topological polar surface area (TPSA) is 41.3 Å². The van der Waals surface area contributed by atoms with Crippen LogP contribution in [0, 0.1) is 0 Å². The summed E-state index contributed by atoms with van der Waals surface area (Å²) in [5, 5.41) is 4.53. The van der Waals surface area contributed by atoms with Crippen LogP contribution in [-0.2, 0) is 6.42 Å². The largest absolute Gasteiger partial charge is 0.376 e. The van der Waals surface area contributed by atoms with Gasteiger partial charge < -0.3 is 16.0 Å².